The number of amides is 2. The van der Waals surface area contributed by atoms with Gasteiger partial charge < -0.3 is 10.2 Å². The molecule has 0 saturated carbocycles. The number of aromatic nitrogens is 1. The van der Waals surface area contributed by atoms with E-state index in [9.17, 15) is 9.59 Å². The number of anilines is 1. The highest BCUT2D eigenvalue weighted by molar-refractivity contribution is 5.97. The first kappa shape index (κ1) is 17.1. The standard InChI is InChI=1S/C20H23N3O2/c1-3-14(2)20(25)23-13-16-7-5-4-6-15(16)12-18(23)19(24)22-17-8-10-21-11-9-17/h4-11,14,18H,3,12-13H2,1-2H3,(H,21,22,24)/t14-,18+/m1/s1. The summed E-state index contributed by atoms with van der Waals surface area (Å²) in [5.74, 6) is -0.217. The molecule has 0 radical (unpaired) electrons. The van der Waals surface area contributed by atoms with Gasteiger partial charge in [0.2, 0.25) is 11.8 Å². The van der Waals surface area contributed by atoms with Crippen LogP contribution in [0.15, 0.2) is 48.8 Å². The third-order valence-corrected chi connectivity index (χ3v) is 4.82. The molecule has 1 aromatic heterocycles. The predicted octanol–water partition coefficient (Wildman–Crippen LogP) is 3.02. The Morgan fingerprint density at radius 1 is 1.20 bits per heavy atom. The molecule has 2 amide bonds. The fourth-order valence-corrected chi connectivity index (χ4v) is 3.11. The van der Waals surface area contributed by atoms with Crippen LogP contribution >= 0.6 is 0 Å². The molecule has 5 heteroatoms. The Kier molecular flexibility index (Phi) is 5.12. The van der Waals surface area contributed by atoms with Crippen LogP contribution in [0.25, 0.3) is 0 Å². The molecule has 25 heavy (non-hydrogen) atoms. The van der Waals surface area contributed by atoms with E-state index in [0.29, 0.717) is 18.7 Å². The molecule has 0 spiro atoms. The predicted molar refractivity (Wildman–Crippen MR) is 96.8 cm³/mol. The number of carbonyl (C=O) groups excluding carboxylic acids is 2. The van der Waals surface area contributed by atoms with Crippen molar-refractivity contribution in [3.8, 4) is 0 Å². The molecular weight excluding hydrogens is 314 g/mol. The summed E-state index contributed by atoms with van der Waals surface area (Å²) in [5.41, 5.74) is 2.94. The van der Waals surface area contributed by atoms with Crippen LogP contribution in [0.1, 0.15) is 31.4 Å². The van der Waals surface area contributed by atoms with Crippen molar-refractivity contribution in [2.75, 3.05) is 5.32 Å². The SMILES string of the molecule is CC[C@@H](C)C(=O)N1Cc2ccccc2C[C@H]1C(=O)Nc1ccncc1. The van der Waals surface area contributed by atoms with Crippen molar-refractivity contribution in [1.29, 1.82) is 0 Å². The molecule has 5 nitrogen and oxygen atoms in total. The average molecular weight is 337 g/mol. The van der Waals surface area contributed by atoms with Crippen molar-refractivity contribution >= 4 is 17.5 Å². The summed E-state index contributed by atoms with van der Waals surface area (Å²) in [6.07, 6.45) is 4.56. The van der Waals surface area contributed by atoms with E-state index in [0.717, 1.165) is 17.5 Å². The van der Waals surface area contributed by atoms with Gasteiger partial charge in [0.1, 0.15) is 6.04 Å². The molecule has 2 aromatic rings. The van der Waals surface area contributed by atoms with Crippen LogP contribution in [-0.4, -0.2) is 27.7 Å². The number of pyridine rings is 1. The number of nitrogens with zero attached hydrogens (tertiary/aromatic N) is 2. The molecule has 3 rings (SSSR count). The van der Waals surface area contributed by atoms with E-state index in [2.05, 4.69) is 10.3 Å². The molecule has 0 unspecified atom stereocenters. The van der Waals surface area contributed by atoms with Gasteiger partial charge in [0.25, 0.3) is 0 Å². The Morgan fingerprint density at radius 2 is 1.88 bits per heavy atom. The summed E-state index contributed by atoms with van der Waals surface area (Å²) in [4.78, 5) is 31.4. The highest BCUT2D eigenvalue weighted by Crippen LogP contribution is 2.26. The van der Waals surface area contributed by atoms with E-state index >= 15 is 0 Å². The Balaban J connectivity index is 1.87. The zero-order chi connectivity index (χ0) is 17.8. The maximum absolute atomic E-state index is 12.9. The number of hydrogen-bond acceptors (Lipinski definition) is 3. The van der Waals surface area contributed by atoms with Crippen LogP contribution in [0.4, 0.5) is 5.69 Å². The minimum atomic E-state index is -0.496. The molecule has 1 aliphatic rings. The topological polar surface area (TPSA) is 62.3 Å². The van der Waals surface area contributed by atoms with Crippen LogP contribution in [0.5, 0.6) is 0 Å². The summed E-state index contributed by atoms with van der Waals surface area (Å²) < 4.78 is 0. The highest BCUT2D eigenvalue weighted by Gasteiger charge is 2.35. The third-order valence-electron chi connectivity index (χ3n) is 4.82. The Morgan fingerprint density at radius 3 is 2.56 bits per heavy atom. The molecule has 0 fully saturated rings. The first-order chi connectivity index (χ1) is 12.1. The summed E-state index contributed by atoms with van der Waals surface area (Å²) in [6, 6.07) is 11.0. The lowest BCUT2D eigenvalue weighted by Crippen LogP contribution is -2.52. The van der Waals surface area contributed by atoms with Gasteiger partial charge in [0.15, 0.2) is 0 Å². The summed E-state index contributed by atoms with van der Waals surface area (Å²) in [6.45, 7) is 4.39. The van der Waals surface area contributed by atoms with Gasteiger partial charge >= 0.3 is 0 Å². The molecule has 0 bridgehead atoms. The first-order valence-corrected chi connectivity index (χ1v) is 8.68. The monoisotopic (exact) mass is 337 g/mol. The molecule has 2 heterocycles. The minimum Gasteiger partial charge on any atom is -0.326 e. The molecule has 130 valence electrons. The fraction of sp³-hybridized carbons (Fsp3) is 0.350. The van der Waals surface area contributed by atoms with Crippen molar-refractivity contribution in [3.05, 3.63) is 59.9 Å². The van der Waals surface area contributed by atoms with Gasteiger partial charge in [-0.3, -0.25) is 14.6 Å². The zero-order valence-electron chi connectivity index (χ0n) is 14.6. The van der Waals surface area contributed by atoms with Gasteiger partial charge in [0.05, 0.1) is 0 Å². The largest absolute Gasteiger partial charge is 0.326 e. The van der Waals surface area contributed by atoms with Gasteiger partial charge in [-0.05, 0) is 29.7 Å². The molecule has 0 aliphatic carbocycles. The van der Waals surface area contributed by atoms with Crippen LogP contribution in [0.2, 0.25) is 0 Å². The van der Waals surface area contributed by atoms with Gasteiger partial charge in [-0.2, -0.15) is 0 Å². The maximum atomic E-state index is 12.9. The summed E-state index contributed by atoms with van der Waals surface area (Å²) in [5, 5.41) is 2.91. The number of fused-ring (bicyclic) bond motifs is 1. The van der Waals surface area contributed by atoms with Gasteiger partial charge in [-0.1, -0.05) is 38.1 Å². The molecule has 1 N–H and O–H groups in total. The quantitative estimate of drug-likeness (QED) is 0.933. The van der Waals surface area contributed by atoms with Gasteiger partial charge in [-0.25, -0.2) is 0 Å². The van der Waals surface area contributed by atoms with Crippen molar-refractivity contribution in [2.24, 2.45) is 5.92 Å². The van der Waals surface area contributed by atoms with E-state index in [1.807, 2.05) is 38.1 Å². The lowest BCUT2D eigenvalue weighted by atomic mass is 9.92. The van der Waals surface area contributed by atoms with Crippen LogP contribution in [0, 0.1) is 5.92 Å². The van der Waals surface area contributed by atoms with Crippen molar-refractivity contribution in [1.82, 2.24) is 9.88 Å². The highest BCUT2D eigenvalue weighted by atomic mass is 16.2. The van der Waals surface area contributed by atoms with E-state index < -0.39 is 6.04 Å². The molecule has 2 atom stereocenters. The van der Waals surface area contributed by atoms with Crippen LogP contribution in [0.3, 0.4) is 0 Å². The number of rotatable bonds is 4. The maximum Gasteiger partial charge on any atom is 0.247 e. The Bertz CT molecular complexity index is 761. The number of hydrogen-bond donors (Lipinski definition) is 1. The fourth-order valence-electron chi connectivity index (χ4n) is 3.11. The van der Waals surface area contributed by atoms with Gasteiger partial charge in [0, 0.05) is 37.0 Å². The van der Waals surface area contributed by atoms with Crippen LogP contribution in [-0.2, 0) is 22.6 Å². The Labute approximate surface area is 148 Å². The smallest absolute Gasteiger partial charge is 0.247 e. The molecule has 1 aromatic carbocycles. The first-order valence-electron chi connectivity index (χ1n) is 8.68. The van der Waals surface area contributed by atoms with E-state index in [-0.39, 0.29) is 17.7 Å². The summed E-state index contributed by atoms with van der Waals surface area (Å²) >= 11 is 0. The zero-order valence-corrected chi connectivity index (χ0v) is 14.6. The summed E-state index contributed by atoms with van der Waals surface area (Å²) in [7, 11) is 0. The van der Waals surface area contributed by atoms with Crippen molar-refractivity contribution in [2.45, 2.75) is 39.3 Å². The number of carbonyl (C=O) groups is 2. The number of benzene rings is 1. The van der Waals surface area contributed by atoms with Crippen molar-refractivity contribution in [3.63, 3.8) is 0 Å². The second-order valence-electron chi connectivity index (χ2n) is 6.49. The number of nitrogens with one attached hydrogen (secondary N) is 1. The normalized spacial score (nSPS) is 17.5. The second kappa shape index (κ2) is 7.47. The van der Waals surface area contributed by atoms with Crippen LogP contribution < -0.4 is 5.32 Å². The lowest BCUT2D eigenvalue weighted by molar-refractivity contribution is -0.143. The lowest BCUT2D eigenvalue weighted by Gasteiger charge is -2.37. The van der Waals surface area contributed by atoms with E-state index in [4.69, 9.17) is 0 Å². The minimum absolute atomic E-state index is 0.0341. The Hall–Kier alpha value is -2.69. The molecule has 1 aliphatic heterocycles. The molecular formula is C20H23N3O2. The second-order valence-corrected chi connectivity index (χ2v) is 6.49. The average Bonchev–Trinajstić information content (AvgIpc) is 2.66. The van der Waals surface area contributed by atoms with E-state index in [1.165, 1.54) is 0 Å². The molecule has 0 saturated heterocycles. The van der Waals surface area contributed by atoms with Gasteiger partial charge in [-0.15, -0.1) is 0 Å². The third kappa shape index (κ3) is 3.71. The van der Waals surface area contributed by atoms with Crippen molar-refractivity contribution < 1.29 is 9.59 Å². The van der Waals surface area contributed by atoms with E-state index in [1.54, 1.807) is 29.4 Å².